The summed E-state index contributed by atoms with van der Waals surface area (Å²) in [5.41, 5.74) is 0.883. The highest BCUT2D eigenvalue weighted by atomic mass is 32.2. The van der Waals surface area contributed by atoms with Gasteiger partial charge in [0.15, 0.2) is 0 Å². The predicted molar refractivity (Wildman–Crippen MR) is 135 cm³/mol. The van der Waals surface area contributed by atoms with Crippen LogP contribution in [0.25, 0.3) is 0 Å². The highest BCUT2D eigenvalue weighted by molar-refractivity contribution is 8.00. The number of hydrogen-bond donors (Lipinski definition) is 1. The first-order chi connectivity index (χ1) is 18.1. The Kier molecular flexibility index (Phi) is 9.99. The maximum absolute atomic E-state index is 12.8. The van der Waals surface area contributed by atoms with Crippen molar-refractivity contribution in [2.45, 2.75) is 45.0 Å². The minimum Gasteiger partial charge on any atom is -0.448 e. The molecule has 0 bridgehead atoms. The van der Waals surface area contributed by atoms with Gasteiger partial charge in [-0.15, -0.1) is 11.8 Å². The molecule has 1 aromatic carbocycles. The Labute approximate surface area is 224 Å². The van der Waals surface area contributed by atoms with E-state index in [1.54, 1.807) is 19.9 Å². The van der Waals surface area contributed by atoms with E-state index in [0.717, 1.165) is 5.56 Å². The molecule has 0 aliphatic carbocycles. The second-order valence-electron chi connectivity index (χ2n) is 8.83. The average molecular weight is 550 g/mol. The van der Waals surface area contributed by atoms with Crippen LogP contribution >= 0.6 is 11.8 Å². The minimum atomic E-state index is -1.22. The van der Waals surface area contributed by atoms with Crippen molar-refractivity contribution in [3.63, 3.8) is 0 Å². The summed E-state index contributed by atoms with van der Waals surface area (Å²) < 4.78 is 20.1. The molecule has 3 amide bonds. The van der Waals surface area contributed by atoms with Crippen LogP contribution in [0.4, 0.5) is 9.59 Å². The van der Waals surface area contributed by atoms with Gasteiger partial charge in [0.2, 0.25) is 18.1 Å². The lowest BCUT2D eigenvalue weighted by molar-refractivity contribution is -0.171. The number of fused-ring (bicyclic) bond motifs is 1. The summed E-state index contributed by atoms with van der Waals surface area (Å²) in [4.78, 5) is 63.9. The van der Waals surface area contributed by atoms with E-state index in [-0.39, 0.29) is 31.3 Å². The first-order valence-corrected chi connectivity index (χ1v) is 13.0. The van der Waals surface area contributed by atoms with Crippen molar-refractivity contribution in [2.24, 2.45) is 5.92 Å². The zero-order chi connectivity index (χ0) is 27.8. The van der Waals surface area contributed by atoms with E-state index in [2.05, 4.69) is 5.32 Å². The Morgan fingerprint density at radius 2 is 1.82 bits per heavy atom. The number of benzene rings is 1. The molecule has 12 nitrogen and oxygen atoms in total. The molecule has 2 aliphatic rings. The Bertz CT molecular complexity index is 1080. The van der Waals surface area contributed by atoms with E-state index in [9.17, 15) is 24.0 Å². The van der Waals surface area contributed by atoms with Crippen molar-refractivity contribution in [1.82, 2.24) is 15.1 Å². The standard InChI is InChI=1S/C25H31N3O9S/c1-15(2)35-25(33)37-16(3)36-23(31)19-10-11-38-22-18(21(30)28(19)22)13-34-24(32)27(4)14-26-20(29)12-17-8-6-5-7-9-17/h5-10,15-16,18,22H,11-14H2,1-4H3,(H,26,29). The third-order valence-electron chi connectivity index (χ3n) is 5.45. The molecule has 0 saturated carbocycles. The summed E-state index contributed by atoms with van der Waals surface area (Å²) in [5, 5.41) is 2.23. The zero-order valence-electron chi connectivity index (χ0n) is 21.6. The van der Waals surface area contributed by atoms with Gasteiger partial charge in [0.1, 0.15) is 18.2 Å². The number of nitrogens with one attached hydrogen (secondary N) is 1. The molecule has 206 valence electrons. The predicted octanol–water partition coefficient (Wildman–Crippen LogP) is 2.24. The first kappa shape index (κ1) is 28.8. The van der Waals surface area contributed by atoms with Crippen LogP contribution in [0.15, 0.2) is 42.1 Å². The molecular weight excluding hydrogens is 518 g/mol. The number of esters is 1. The normalized spacial score (nSPS) is 18.8. The lowest BCUT2D eigenvalue weighted by atomic mass is 9.97. The summed E-state index contributed by atoms with van der Waals surface area (Å²) in [6.07, 6.45) is -1.57. The summed E-state index contributed by atoms with van der Waals surface area (Å²) in [6, 6.07) is 9.19. The van der Waals surface area contributed by atoms with Crippen LogP contribution in [0.3, 0.4) is 0 Å². The van der Waals surface area contributed by atoms with E-state index in [4.69, 9.17) is 18.9 Å². The van der Waals surface area contributed by atoms with Gasteiger partial charge in [0.05, 0.1) is 24.6 Å². The van der Waals surface area contributed by atoms with Gasteiger partial charge in [0.25, 0.3) is 0 Å². The van der Waals surface area contributed by atoms with Crippen molar-refractivity contribution in [2.75, 3.05) is 26.1 Å². The molecule has 2 aliphatic heterocycles. The van der Waals surface area contributed by atoms with Crippen molar-refractivity contribution < 1.29 is 42.9 Å². The number of amides is 3. The summed E-state index contributed by atoms with van der Waals surface area (Å²) >= 11 is 1.41. The number of β-lactam (4-membered cyclic amide) rings is 1. The molecule has 1 aromatic rings. The molecule has 2 heterocycles. The van der Waals surface area contributed by atoms with Crippen LogP contribution in [0.2, 0.25) is 0 Å². The fourth-order valence-corrected chi connectivity index (χ4v) is 4.85. The number of carbonyl (C=O) groups is 5. The van der Waals surface area contributed by atoms with E-state index in [1.807, 2.05) is 30.3 Å². The van der Waals surface area contributed by atoms with Crippen LogP contribution in [0.1, 0.15) is 26.3 Å². The van der Waals surface area contributed by atoms with Crippen LogP contribution in [0.5, 0.6) is 0 Å². The number of rotatable bonds is 10. The third kappa shape index (κ3) is 7.63. The highest BCUT2D eigenvalue weighted by Gasteiger charge is 2.53. The third-order valence-corrected chi connectivity index (χ3v) is 6.69. The molecule has 0 aromatic heterocycles. The van der Waals surface area contributed by atoms with Crippen molar-refractivity contribution in [3.05, 3.63) is 47.7 Å². The second-order valence-corrected chi connectivity index (χ2v) is 9.98. The molecule has 3 unspecified atom stereocenters. The first-order valence-electron chi connectivity index (χ1n) is 12.0. The maximum Gasteiger partial charge on any atom is 0.511 e. The monoisotopic (exact) mass is 549 g/mol. The average Bonchev–Trinajstić information content (AvgIpc) is 2.86. The van der Waals surface area contributed by atoms with Gasteiger partial charge in [-0.25, -0.2) is 14.4 Å². The summed E-state index contributed by atoms with van der Waals surface area (Å²) in [6.45, 7) is 4.41. The van der Waals surface area contributed by atoms with E-state index >= 15 is 0 Å². The molecule has 0 radical (unpaired) electrons. The van der Waals surface area contributed by atoms with Gasteiger partial charge in [-0.2, -0.15) is 0 Å². The van der Waals surface area contributed by atoms with E-state index in [1.165, 1.54) is 35.5 Å². The summed E-state index contributed by atoms with van der Waals surface area (Å²) in [7, 11) is 1.46. The quantitative estimate of drug-likeness (QED) is 0.200. The molecule has 1 N–H and O–H groups in total. The summed E-state index contributed by atoms with van der Waals surface area (Å²) in [5.74, 6) is -1.68. The molecule has 3 atom stereocenters. The van der Waals surface area contributed by atoms with Gasteiger partial charge < -0.3 is 24.3 Å². The Balaban J connectivity index is 1.42. The largest absolute Gasteiger partial charge is 0.511 e. The SMILES string of the molecule is CC(C)OC(=O)OC(C)OC(=O)C1=CCSC2C(COC(=O)N(C)CNC(=O)Cc3ccccc3)C(=O)N12. The zero-order valence-corrected chi connectivity index (χ0v) is 22.4. The molecule has 38 heavy (non-hydrogen) atoms. The number of ether oxygens (including phenoxy) is 4. The van der Waals surface area contributed by atoms with E-state index in [0.29, 0.717) is 5.75 Å². The van der Waals surface area contributed by atoms with Crippen LogP contribution in [0, 0.1) is 5.92 Å². The Morgan fingerprint density at radius 1 is 1.11 bits per heavy atom. The van der Waals surface area contributed by atoms with Crippen LogP contribution < -0.4 is 5.32 Å². The molecule has 1 fully saturated rings. The minimum absolute atomic E-state index is 0.0345. The number of thioether (sulfide) groups is 1. The Morgan fingerprint density at radius 3 is 2.50 bits per heavy atom. The second kappa shape index (κ2) is 13.2. The fourth-order valence-electron chi connectivity index (χ4n) is 3.61. The van der Waals surface area contributed by atoms with Gasteiger partial charge in [-0.3, -0.25) is 19.4 Å². The van der Waals surface area contributed by atoms with Crippen molar-refractivity contribution in [1.29, 1.82) is 0 Å². The number of nitrogens with zero attached hydrogens (tertiary/aromatic N) is 2. The van der Waals surface area contributed by atoms with Crippen LogP contribution in [-0.2, 0) is 39.8 Å². The molecule has 13 heteroatoms. The Hall–Kier alpha value is -3.74. The van der Waals surface area contributed by atoms with Gasteiger partial charge in [-0.05, 0) is 25.5 Å². The van der Waals surface area contributed by atoms with Gasteiger partial charge >= 0.3 is 18.2 Å². The van der Waals surface area contributed by atoms with E-state index < -0.39 is 47.8 Å². The topological polar surface area (TPSA) is 141 Å². The number of carbonyl (C=O) groups excluding carboxylic acids is 5. The maximum atomic E-state index is 12.8. The lowest BCUT2D eigenvalue weighted by Gasteiger charge is -2.48. The van der Waals surface area contributed by atoms with Crippen molar-refractivity contribution >= 4 is 41.8 Å². The lowest BCUT2D eigenvalue weighted by Crippen LogP contribution is -2.62. The number of hydrogen-bond acceptors (Lipinski definition) is 10. The molecular formula is C25H31N3O9S. The molecule has 0 spiro atoms. The van der Waals surface area contributed by atoms with Crippen molar-refractivity contribution in [3.8, 4) is 0 Å². The highest BCUT2D eigenvalue weighted by Crippen LogP contribution is 2.42. The van der Waals surface area contributed by atoms with Gasteiger partial charge in [-0.1, -0.05) is 30.3 Å². The molecule has 1 saturated heterocycles. The van der Waals surface area contributed by atoms with Gasteiger partial charge in [0, 0.05) is 19.7 Å². The molecule has 3 rings (SSSR count). The van der Waals surface area contributed by atoms with Crippen LogP contribution in [-0.4, -0.2) is 83.7 Å². The smallest absolute Gasteiger partial charge is 0.448 e. The fraction of sp³-hybridized carbons (Fsp3) is 0.480.